The molecule has 0 saturated carbocycles. The van der Waals surface area contributed by atoms with Gasteiger partial charge >= 0.3 is 0 Å². The van der Waals surface area contributed by atoms with E-state index in [2.05, 4.69) is 10.6 Å². The molecule has 0 aromatic heterocycles. The zero-order valence-electron chi connectivity index (χ0n) is 16.1. The van der Waals surface area contributed by atoms with Crippen LogP contribution in [-0.2, 0) is 10.1 Å². The molecular weight excluding hydrogens is 428 g/mol. The van der Waals surface area contributed by atoms with Crippen LogP contribution in [0.4, 0.5) is 34.1 Å². The normalized spacial score (nSPS) is 11.2. The maximum absolute atomic E-state index is 11.9. The summed E-state index contributed by atoms with van der Waals surface area (Å²) in [7, 11) is -4.62. The van der Waals surface area contributed by atoms with E-state index < -0.39 is 20.2 Å². The Hall–Kier alpha value is -3.39. The molecule has 0 amide bonds. The Labute approximate surface area is 177 Å². The molecule has 0 heterocycles. The summed E-state index contributed by atoms with van der Waals surface area (Å²) in [6.45, 7) is 1.90. The lowest BCUT2D eigenvalue weighted by Gasteiger charge is -2.38. The number of nitrogens with zero attached hydrogens (tertiary/aromatic N) is 2. The number of rotatable bonds is 7. The van der Waals surface area contributed by atoms with Gasteiger partial charge in [-0.3, -0.25) is 15.0 Å². The van der Waals surface area contributed by atoms with Gasteiger partial charge in [-0.05, 0) is 55.5 Å². The molecule has 0 aliphatic heterocycles. The maximum Gasteiger partial charge on any atom is 0.296 e. The van der Waals surface area contributed by atoms with E-state index in [1.807, 2.05) is 19.1 Å². The monoisotopic (exact) mass is 446 g/mol. The van der Waals surface area contributed by atoms with Crippen molar-refractivity contribution in [1.82, 2.24) is 0 Å². The third kappa shape index (κ3) is 5.40. The molecule has 0 fully saturated rings. The molecule has 0 bridgehead atoms. The van der Waals surface area contributed by atoms with Crippen molar-refractivity contribution in [3.63, 3.8) is 0 Å². The minimum atomic E-state index is -4.62. The second-order valence-electron chi connectivity index (χ2n) is 6.55. The number of hydrogen-bond donors (Lipinski definition) is 5. The van der Waals surface area contributed by atoms with Crippen molar-refractivity contribution in [2.75, 3.05) is 21.1 Å². The van der Waals surface area contributed by atoms with Gasteiger partial charge in [0.15, 0.2) is 0 Å². The second-order valence-corrected chi connectivity index (χ2v) is 7.94. The van der Waals surface area contributed by atoms with E-state index in [0.29, 0.717) is 5.69 Å². The third-order valence-electron chi connectivity index (χ3n) is 4.28. The SMILES string of the molecule is Cc1ccc(Nc2ccc(Nc3ccc(N([O-])[O-])cc3N(O)O)cc2S(=O)(=O)O)cc1. The maximum atomic E-state index is 11.9. The van der Waals surface area contributed by atoms with E-state index in [-0.39, 0.29) is 33.7 Å². The first kappa shape index (κ1) is 22.3. The molecule has 12 heteroatoms. The zero-order valence-corrected chi connectivity index (χ0v) is 16.9. The molecule has 5 N–H and O–H groups in total. The first-order valence-electron chi connectivity index (χ1n) is 8.73. The van der Waals surface area contributed by atoms with E-state index in [1.54, 1.807) is 12.1 Å². The van der Waals surface area contributed by atoms with E-state index in [4.69, 9.17) is 0 Å². The molecule has 3 aromatic carbocycles. The lowest BCUT2D eigenvalue weighted by Crippen LogP contribution is -2.14. The summed E-state index contributed by atoms with van der Waals surface area (Å²) in [5.41, 5.74) is 1.21. The van der Waals surface area contributed by atoms with Gasteiger partial charge in [-0.2, -0.15) is 8.42 Å². The number of anilines is 6. The molecule has 0 spiro atoms. The fourth-order valence-electron chi connectivity index (χ4n) is 2.77. The number of benzene rings is 3. The highest BCUT2D eigenvalue weighted by Crippen LogP contribution is 2.34. The summed E-state index contributed by atoms with van der Waals surface area (Å²) in [5.74, 6) is 0. The second kappa shape index (κ2) is 8.77. The molecular formula is C19H18N4O7S-2. The predicted octanol–water partition coefficient (Wildman–Crippen LogP) is 4.12. The highest BCUT2D eigenvalue weighted by molar-refractivity contribution is 7.86. The van der Waals surface area contributed by atoms with Crippen molar-refractivity contribution < 1.29 is 23.4 Å². The van der Waals surface area contributed by atoms with Gasteiger partial charge in [0.2, 0.25) is 0 Å². The van der Waals surface area contributed by atoms with Crippen LogP contribution < -0.4 is 21.1 Å². The Kier molecular flexibility index (Phi) is 6.31. The first-order valence-corrected chi connectivity index (χ1v) is 10.2. The molecule has 0 aliphatic carbocycles. The van der Waals surface area contributed by atoms with Crippen LogP contribution in [0.2, 0.25) is 0 Å². The van der Waals surface area contributed by atoms with Crippen molar-refractivity contribution in [2.24, 2.45) is 0 Å². The summed E-state index contributed by atoms with van der Waals surface area (Å²) in [6, 6.07) is 14.4. The van der Waals surface area contributed by atoms with Gasteiger partial charge in [-0.1, -0.05) is 17.7 Å². The van der Waals surface area contributed by atoms with Crippen molar-refractivity contribution in [3.05, 3.63) is 76.6 Å². The molecule has 11 nitrogen and oxygen atoms in total. The predicted molar refractivity (Wildman–Crippen MR) is 116 cm³/mol. The van der Waals surface area contributed by atoms with E-state index in [1.165, 1.54) is 18.2 Å². The third-order valence-corrected chi connectivity index (χ3v) is 5.17. The highest BCUT2D eigenvalue weighted by atomic mass is 32.2. The standard InChI is InChI=1S/C19H18N4O7S/c1-12-2-4-13(5-3-12)20-17-8-6-14(10-19(17)31(28,29)30)21-16-9-7-15(22(24)25)11-18(16)23(26)27/h2-11,20-21,26-27H,1H3,(H,28,29,30)/q-2. The van der Waals surface area contributed by atoms with Crippen LogP contribution in [0.25, 0.3) is 0 Å². The number of nitrogens with one attached hydrogen (secondary N) is 2. The van der Waals surface area contributed by atoms with Crippen molar-refractivity contribution in [1.29, 1.82) is 0 Å². The lowest BCUT2D eigenvalue weighted by atomic mass is 10.2. The quantitative estimate of drug-likeness (QED) is 0.261. The van der Waals surface area contributed by atoms with Gasteiger partial charge in [0.05, 0.1) is 11.4 Å². The van der Waals surface area contributed by atoms with Crippen LogP contribution in [0.15, 0.2) is 65.6 Å². The largest absolute Gasteiger partial charge is 0.769 e. The van der Waals surface area contributed by atoms with Gasteiger partial charge in [-0.15, -0.1) is 5.23 Å². The molecule has 0 atom stereocenters. The summed E-state index contributed by atoms with van der Waals surface area (Å²) in [4.78, 5) is -0.425. The van der Waals surface area contributed by atoms with Crippen LogP contribution >= 0.6 is 0 Å². The average Bonchev–Trinajstić information content (AvgIpc) is 2.70. The molecule has 3 rings (SSSR count). The zero-order chi connectivity index (χ0) is 22.8. The fourth-order valence-corrected chi connectivity index (χ4v) is 3.44. The highest BCUT2D eigenvalue weighted by Gasteiger charge is 2.18. The van der Waals surface area contributed by atoms with Crippen LogP contribution in [0.3, 0.4) is 0 Å². The fraction of sp³-hybridized carbons (Fsp3) is 0.0526. The van der Waals surface area contributed by atoms with Crippen LogP contribution in [0.1, 0.15) is 5.56 Å². The Morgan fingerprint density at radius 1 is 0.839 bits per heavy atom. The topological polar surface area (TPSA) is 171 Å². The first-order chi connectivity index (χ1) is 14.5. The van der Waals surface area contributed by atoms with Crippen LogP contribution in [0, 0.1) is 17.3 Å². The molecule has 164 valence electrons. The Balaban J connectivity index is 1.97. The van der Waals surface area contributed by atoms with E-state index >= 15 is 0 Å². The van der Waals surface area contributed by atoms with Gasteiger partial charge < -0.3 is 26.3 Å². The van der Waals surface area contributed by atoms with Crippen molar-refractivity contribution in [2.45, 2.75) is 11.8 Å². The molecule has 0 unspecified atom stereocenters. The Morgan fingerprint density at radius 3 is 2.00 bits per heavy atom. The number of aryl methyl sites for hydroxylation is 1. The van der Waals surface area contributed by atoms with Gasteiger partial charge in [0.25, 0.3) is 10.1 Å². The van der Waals surface area contributed by atoms with Crippen LogP contribution in [-0.4, -0.2) is 23.4 Å². The molecule has 0 saturated heterocycles. The smallest absolute Gasteiger partial charge is 0.296 e. The summed E-state index contributed by atoms with van der Waals surface area (Å²) >= 11 is 0. The van der Waals surface area contributed by atoms with Crippen LogP contribution in [0.5, 0.6) is 0 Å². The summed E-state index contributed by atoms with van der Waals surface area (Å²) in [6.07, 6.45) is 0. The summed E-state index contributed by atoms with van der Waals surface area (Å²) in [5, 5.41) is 45.2. The summed E-state index contributed by atoms with van der Waals surface area (Å²) < 4.78 is 33.5. The number of hydrogen-bond acceptors (Lipinski definition) is 10. The molecule has 0 aliphatic rings. The average molecular weight is 446 g/mol. The van der Waals surface area contributed by atoms with E-state index in [0.717, 1.165) is 23.8 Å². The van der Waals surface area contributed by atoms with Crippen molar-refractivity contribution in [3.8, 4) is 0 Å². The van der Waals surface area contributed by atoms with Gasteiger partial charge in [0.1, 0.15) is 10.6 Å². The lowest BCUT2D eigenvalue weighted by molar-refractivity contribution is 0.0296. The Morgan fingerprint density at radius 2 is 1.42 bits per heavy atom. The van der Waals surface area contributed by atoms with E-state index in [9.17, 15) is 33.8 Å². The minimum absolute atomic E-state index is 0.0381. The molecule has 31 heavy (non-hydrogen) atoms. The van der Waals surface area contributed by atoms with Gasteiger partial charge in [-0.25, -0.2) is 0 Å². The molecule has 3 aromatic rings. The van der Waals surface area contributed by atoms with Crippen molar-refractivity contribution >= 4 is 44.2 Å². The Bertz CT molecular complexity index is 1180. The van der Waals surface area contributed by atoms with Gasteiger partial charge in [0, 0.05) is 17.1 Å². The molecule has 0 radical (unpaired) electrons. The minimum Gasteiger partial charge on any atom is -0.769 e.